The Morgan fingerprint density at radius 3 is 1.91 bits per heavy atom. The Hall–Kier alpha value is -0.0900. The lowest BCUT2D eigenvalue weighted by Gasteiger charge is -2.22. The molecular formula is C7H17NO2S. The maximum absolute atomic E-state index is 11.1. The van der Waals surface area contributed by atoms with Crippen molar-refractivity contribution in [3.05, 3.63) is 0 Å². The summed E-state index contributed by atoms with van der Waals surface area (Å²) in [5, 5.41) is 0. The summed E-state index contributed by atoms with van der Waals surface area (Å²) in [5.74, 6) is 0. The van der Waals surface area contributed by atoms with Crippen molar-refractivity contribution in [3.63, 3.8) is 0 Å². The monoisotopic (exact) mass is 179 g/mol. The van der Waals surface area contributed by atoms with Gasteiger partial charge in [-0.2, -0.15) is 4.31 Å². The van der Waals surface area contributed by atoms with Gasteiger partial charge in [-0.15, -0.1) is 0 Å². The summed E-state index contributed by atoms with van der Waals surface area (Å²) in [5.41, 5.74) is 0. The maximum atomic E-state index is 11.1. The quantitative estimate of drug-likeness (QED) is 0.647. The van der Waals surface area contributed by atoms with Gasteiger partial charge in [-0.3, -0.25) is 0 Å². The molecule has 0 fully saturated rings. The van der Waals surface area contributed by atoms with Crippen LogP contribution in [0.15, 0.2) is 0 Å². The zero-order valence-corrected chi connectivity index (χ0v) is 8.48. The van der Waals surface area contributed by atoms with Crippen LogP contribution in [0.1, 0.15) is 27.2 Å². The molecule has 0 saturated heterocycles. The fraction of sp³-hybridized carbons (Fsp3) is 1.00. The molecule has 0 rings (SSSR count). The van der Waals surface area contributed by atoms with Gasteiger partial charge in [0.2, 0.25) is 10.0 Å². The summed E-state index contributed by atoms with van der Waals surface area (Å²) in [6, 6.07) is 0.0740. The van der Waals surface area contributed by atoms with E-state index >= 15 is 0 Å². The van der Waals surface area contributed by atoms with Crippen LogP contribution in [0.2, 0.25) is 0 Å². The van der Waals surface area contributed by atoms with E-state index in [1.54, 1.807) is 0 Å². The lowest BCUT2D eigenvalue weighted by molar-refractivity contribution is 0.357. The van der Waals surface area contributed by atoms with E-state index in [1.807, 2.05) is 20.8 Å². The highest BCUT2D eigenvalue weighted by Crippen LogP contribution is 2.04. The van der Waals surface area contributed by atoms with Gasteiger partial charge >= 0.3 is 0 Å². The molecule has 0 aromatic heterocycles. The number of hydrogen-bond acceptors (Lipinski definition) is 2. The van der Waals surface area contributed by atoms with Crippen molar-refractivity contribution >= 4 is 10.0 Å². The second-order valence-electron chi connectivity index (χ2n) is 2.97. The van der Waals surface area contributed by atoms with Crippen LogP contribution in [-0.2, 0) is 10.0 Å². The van der Waals surface area contributed by atoms with Crippen molar-refractivity contribution in [1.29, 1.82) is 0 Å². The maximum Gasteiger partial charge on any atom is 0.211 e. The zero-order valence-electron chi connectivity index (χ0n) is 7.66. The van der Waals surface area contributed by atoms with Gasteiger partial charge in [0.25, 0.3) is 0 Å². The fourth-order valence-electron chi connectivity index (χ4n) is 1.03. The first-order valence-corrected chi connectivity index (χ1v) is 5.71. The van der Waals surface area contributed by atoms with Crippen LogP contribution in [0, 0.1) is 0 Å². The first-order chi connectivity index (χ1) is 4.89. The summed E-state index contributed by atoms with van der Waals surface area (Å²) in [6.45, 7) is 6.37. The number of hydrogen-bond donors (Lipinski definition) is 0. The van der Waals surface area contributed by atoms with Crippen LogP contribution < -0.4 is 0 Å². The van der Waals surface area contributed by atoms with Gasteiger partial charge in [0.1, 0.15) is 0 Å². The SMILES string of the molecule is CCCN(C(C)C)S(C)(=O)=O. The first kappa shape index (κ1) is 10.9. The van der Waals surface area contributed by atoms with Gasteiger partial charge in [0.15, 0.2) is 0 Å². The summed E-state index contributed by atoms with van der Waals surface area (Å²) < 4.78 is 23.7. The Balaban J connectivity index is 4.36. The molecule has 0 N–H and O–H groups in total. The van der Waals surface area contributed by atoms with E-state index in [-0.39, 0.29) is 6.04 Å². The third-order valence-corrected chi connectivity index (χ3v) is 2.90. The van der Waals surface area contributed by atoms with Gasteiger partial charge in [-0.1, -0.05) is 6.92 Å². The van der Waals surface area contributed by atoms with E-state index < -0.39 is 10.0 Å². The van der Waals surface area contributed by atoms with Crippen molar-refractivity contribution in [2.24, 2.45) is 0 Å². The van der Waals surface area contributed by atoms with Gasteiger partial charge in [-0.25, -0.2) is 8.42 Å². The van der Waals surface area contributed by atoms with E-state index in [0.29, 0.717) is 6.54 Å². The topological polar surface area (TPSA) is 37.4 Å². The molecule has 0 atom stereocenters. The average molecular weight is 179 g/mol. The molecule has 0 aromatic rings. The number of nitrogens with zero attached hydrogens (tertiary/aromatic N) is 1. The Morgan fingerprint density at radius 2 is 1.82 bits per heavy atom. The average Bonchev–Trinajstić information content (AvgIpc) is 1.79. The largest absolute Gasteiger partial charge is 0.212 e. The molecule has 3 nitrogen and oxygen atoms in total. The molecule has 0 radical (unpaired) electrons. The number of sulfonamides is 1. The number of rotatable bonds is 4. The molecule has 0 unspecified atom stereocenters. The predicted octanol–water partition coefficient (Wildman–Crippen LogP) is 1.07. The zero-order chi connectivity index (χ0) is 9.07. The summed E-state index contributed by atoms with van der Waals surface area (Å²) in [6.07, 6.45) is 2.12. The molecule has 11 heavy (non-hydrogen) atoms. The first-order valence-electron chi connectivity index (χ1n) is 3.86. The molecular weight excluding hydrogens is 162 g/mol. The molecule has 0 amide bonds. The lowest BCUT2D eigenvalue weighted by atomic mass is 10.4. The van der Waals surface area contributed by atoms with E-state index in [2.05, 4.69) is 0 Å². The van der Waals surface area contributed by atoms with Crippen molar-refractivity contribution in [3.8, 4) is 0 Å². The van der Waals surface area contributed by atoms with E-state index in [0.717, 1.165) is 6.42 Å². The predicted molar refractivity (Wildman–Crippen MR) is 47.0 cm³/mol. The molecule has 0 spiro atoms. The minimum atomic E-state index is -2.99. The third kappa shape index (κ3) is 3.72. The molecule has 0 bridgehead atoms. The molecule has 4 heteroatoms. The van der Waals surface area contributed by atoms with Crippen molar-refractivity contribution in [2.45, 2.75) is 33.2 Å². The Morgan fingerprint density at radius 1 is 1.36 bits per heavy atom. The van der Waals surface area contributed by atoms with Crippen molar-refractivity contribution in [2.75, 3.05) is 12.8 Å². The molecule has 0 aliphatic rings. The van der Waals surface area contributed by atoms with Gasteiger partial charge in [0, 0.05) is 12.6 Å². The fourth-order valence-corrected chi connectivity index (χ4v) is 2.31. The van der Waals surface area contributed by atoms with Crippen LogP contribution in [-0.4, -0.2) is 31.6 Å². The van der Waals surface area contributed by atoms with Gasteiger partial charge in [0.05, 0.1) is 6.26 Å². The van der Waals surface area contributed by atoms with Crippen LogP contribution in [0.25, 0.3) is 0 Å². The Bertz CT molecular complexity index is 196. The van der Waals surface area contributed by atoms with Crippen LogP contribution in [0.4, 0.5) is 0 Å². The summed E-state index contributed by atoms with van der Waals surface area (Å²) in [7, 11) is -2.99. The molecule has 68 valence electrons. The van der Waals surface area contributed by atoms with Crippen LogP contribution in [0.3, 0.4) is 0 Å². The minimum absolute atomic E-state index is 0.0740. The normalized spacial score (nSPS) is 12.9. The summed E-state index contributed by atoms with van der Waals surface area (Å²) >= 11 is 0. The van der Waals surface area contributed by atoms with E-state index in [4.69, 9.17) is 0 Å². The second kappa shape index (κ2) is 4.07. The van der Waals surface area contributed by atoms with E-state index in [1.165, 1.54) is 10.6 Å². The Labute approximate surface area is 69.4 Å². The van der Waals surface area contributed by atoms with Crippen molar-refractivity contribution < 1.29 is 8.42 Å². The van der Waals surface area contributed by atoms with Crippen molar-refractivity contribution in [1.82, 2.24) is 4.31 Å². The molecule has 0 aromatic carbocycles. The second-order valence-corrected chi connectivity index (χ2v) is 4.90. The third-order valence-electron chi connectivity index (χ3n) is 1.45. The summed E-state index contributed by atoms with van der Waals surface area (Å²) in [4.78, 5) is 0. The molecule has 0 heterocycles. The Kier molecular flexibility index (Phi) is 4.03. The van der Waals surface area contributed by atoms with Gasteiger partial charge < -0.3 is 0 Å². The van der Waals surface area contributed by atoms with E-state index in [9.17, 15) is 8.42 Å². The van der Waals surface area contributed by atoms with Crippen LogP contribution in [0.5, 0.6) is 0 Å². The molecule has 0 aliphatic carbocycles. The highest BCUT2D eigenvalue weighted by atomic mass is 32.2. The molecule has 0 aliphatic heterocycles. The van der Waals surface area contributed by atoms with Crippen LogP contribution >= 0.6 is 0 Å². The lowest BCUT2D eigenvalue weighted by Crippen LogP contribution is -2.36. The molecule has 0 saturated carbocycles. The minimum Gasteiger partial charge on any atom is -0.212 e. The standard InChI is InChI=1S/C7H17NO2S/c1-5-6-8(7(2)3)11(4,9)10/h7H,5-6H2,1-4H3. The highest BCUT2D eigenvalue weighted by Gasteiger charge is 2.17. The smallest absolute Gasteiger partial charge is 0.211 e. The van der Waals surface area contributed by atoms with Gasteiger partial charge in [-0.05, 0) is 20.3 Å². The highest BCUT2D eigenvalue weighted by molar-refractivity contribution is 7.88.